The summed E-state index contributed by atoms with van der Waals surface area (Å²) in [5, 5.41) is 2.86. The predicted molar refractivity (Wildman–Crippen MR) is 102 cm³/mol. The van der Waals surface area contributed by atoms with Gasteiger partial charge in [0.25, 0.3) is 5.91 Å². The smallest absolute Gasteiger partial charge is 0.253 e. The Labute approximate surface area is 153 Å². The second-order valence-electron chi connectivity index (χ2n) is 5.94. The third-order valence-electron chi connectivity index (χ3n) is 4.23. The normalized spacial score (nSPS) is 13.9. The van der Waals surface area contributed by atoms with E-state index in [-0.39, 0.29) is 24.2 Å². The maximum Gasteiger partial charge on any atom is 0.253 e. The van der Waals surface area contributed by atoms with E-state index in [4.69, 9.17) is 5.73 Å². The number of hydrogen-bond donors (Lipinski definition) is 2. The second kappa shape index (κ2) is 8.53. The summed E-state index contributed by atoms with van der Waals surface area (Å²) in [6.07, 6.45) is 2.64. The summed E-state index contributed by atoms with van der Waals surface area (Å²) in [6.45, 7) is 1.20. The lowest BCUT2D eigenvalue weighted by Gasteiger charge is -2.26. The lowest BCUT2D eigenvalue weighted by atomic mass is 10.1. The Morgan fingerprint density at radius 2 is 1.80 bits per heavy atom. The standard InChI is InChI=1S/C19H21N3O2.ClH/c20-17-6-2-1-5-16(17)19(24)21-13-14-8-10-15(11-9-14)22-12-4-3-7-18(22)23;/h1-2,5-6,8-11H,3-4,7,12-13,20H2,(H,21,24);1H. The summed E-state index contributed by atoms with van der Waals surface area (Å²) in [7, 11) is 0. The van der Waals surface area contributed by atoms with E-state index >= 15 is 0 Å². The number of nitrogens with two attached hydrogens (primary N) is 1. The SMILES string of the molecule is Cl.Nc1ccccc1C(=O)NCc1ccc(N2CCCCC2=O)cc1. The van der Waals surface area contributed by atoms with Gasteiger partial charge in [-0.1, -0.05) is 24.3 Å². The number of carbonyl (C=O) groups is 2. The van der Waals surface area contributed by atoms with Crippen LogP contribution in [0.5, 0.6) is 0 Å². The van der Waals surface area contributed by atoms with Crippen molar-refractivity contribution in [2.24, 2.45) is 0 Å². The van der Waals surface area contributed by atoms with E-state index in [1.54, 1.807) is 24.3 Å². The third-order valence-corrected chi connectivity index (χ3v) is 4.23. The molecule has 132 valence electrons. The highest BCUT2D eigenvalue weighted by atomic mass is 35.5. The van der Waals surface area contributed by atoms with Crippen molar-refractivity contribution < 1.29 is 9.59 Å². The minimum Gasteiger partial charge on any atom is -0.398 e. The number of amides is 2. The summed E-state index contributed by atoms with van der Waals surface area (Å²) < 4.78 is 0. The number of rotatable bonds is 4. The van der Waals surface area contributed by atoms with Crippen molar-refractivity contribution in [3.63, 3.8) is 0 Å². The number of carbonyl (C=O) groups excluding carboxylic acids is 2. The van der Waals surface area contributed by atoms with E-state index in [0.717, 1.165) is 30.6 Å². The van der Waals surface area contributed by atoms with Gasteiger partial charge in [-0.3, -0.25) is 9.59 Å². The van der Waals surface area contributed by atoms with Crippen LogP contribution in [0, 0.1) is 0 Å². The fourth-order valence-corrected chi connectivity index (χ4v) is 2.85. The zero-order valence-corrected chi connectivity index (χ0v) is 14.7. The molecule has 0 radical (unpaired) electrons. The molecule has 2 aromatic carbocycles. The van der Waals surface area contributed by atoms with Crippen molar-refractivity contribution >= 4 is 35.6 Å². The van der Waals surface area contributed by atoms with Crippen molar-refractivity contribution in [1.29, 1.82) is 0 Å². The van der Waals surface area contributed by atoms with Crippen LogP contribution in [0.15, 0.2) is 48.5 Å². The molecule has 5 nitrogen and oxygen atoms in total. The maximum atomic E-state index is 12.2. The summed E-state index contributed by atoms with van der Waals surface area (Å²) >= 11 is 0. The quantitative estimate of drug-likeness (QED) is 0.823. The van der Waals surface area contributed by atoms with Crippen molar-refractivity contribution in [3.05, 3.63) is 59.7 Å². The first-order valence-corrected chi connectivity index (χ1v) is 8.17. The highest BCUT2D eigenvalue weighted by Gasteiger charge is 2.19. The van der Waals surface area contributed by atoms with E-state index in [1.165, 1.54) is 0 Å². The zero-order valence-electron chi connectivity index (χ0n) is 13.9. The maximum absolute atomic E-state index is 12.2. The Morgan fingerprint density at radius 1 is 1.08 bits per heavy atom. The van der Waals surface area contributed by atoms with Gasteiger partial charge in [0.1, 0.15) is 0 Å². The van der Waals surface area contributed by atoms with E-state index in [1.807, 2.05) is 29.2 Å². The molecule has 1 aliphatic rings. The molecule has 6 heteroatoms. The summed E-state index contributed by atoms with van der Waals surface area (Å²) in [6, 6.07) is 14.7. The minimum absolute atomic E-state index is 0. The molecule has 0 aromatic heterocycles. The number of nitrogens with one attached hydrogen (secondary N) is 1. The number of benzene rings is 2. The molecule has 0 saturated carbocycles. The van der Waals surface area contributed by atoms with Gasteiger partial charge in [-0.15, -0.1) is 12.4 Å². The lowest BCUT2D eigenvalue weighted by molar-refractivity contribution is -0.119. The van der Waals surface area contributed by atoms with E-state index in [0.29, 0.717) is 24.2 Å². The van der Waals surface area contributed by atoms with Crippen LogP contribution in [0.2, 0.25) is 0 Å². The molecular weight excluding hydrogens is 338 g/mol. The van der Waals surface area contributed by atoms with Crippen LogP contribution in [0.1, 0.15) is 35.2 Å². The Hall–Kier alpha value is -2.53. The number of halogens is 1. The van der Waals surface area contributed by atoms with E-state index in [9.17, 15) is 9.59 Å². The molecular formula is C19H22ClN3O2. The largest absolute Gasteiger partial charge is 0.398 e. The first kappa shape index (κ1) is 18.8. The predicted octanol–water partition coefficient (Wildman–Crippen LogP) is 3.14. The Bertz CT molecular complexity index is 747. The van der Waals surface area contributed by atoms with Gasteiger partial charge in [0, 0.05) is 30.9 Å². The molecule has 1 aliphatic heterocycles. The molecule has 2 amide bonds. The number of para-hydroxylation sites is 1. The summed E-state index contributed by atoms with van der Waals surface area (Å²) in [4.78, 5) is 25.9. The monoisotopic (exact) mass is 359 g/mol. The van der Waals surface area contributed by atoms with Gasteiger partial charge >= 0.3 is 0 Å². The van der Waals surface area contributed by atoms with Crippen molar-refractivity contribution in [1.82, 2.24) is 5.32 Å². The van der Waals surface area contributed by atoms with E-state index < -0.39 is 0 Å². The van der Waals surface area contributed by atoms with Crippen LogP contribution < -0.4 is 16.0 Å². The number of hydrogen-bond acceptors (Lipinski definition) is 3. The second-order valence-corrected chi connectivity index (χ2v) is 5.94. The van der Waals surface area contributed by atoms with Gasteiger partial charge < -0.3 is 16.0 Å². The average molecular weight is 360 g/mol. The Kier molecular flexibility index (Phi) is 6.42. The molecule has 1 heterocycles. The molecule has 1 saturated heterocycles. The molecule has 0 bridgehead atoms. The molecule has 0 atom stereocenters. The van der Waals surface area contributed by atoms with Crippen LogP contribution in [0.4, 0.5) is 11.4 Å². The van der Waals surface area contributed by atoms with E-state index in [2.05, 4.69) is 5.32 Å². The average Bonchev–Trinajstić information content (AvgIpc) is 2.61. The van der Waals surface area contributed by atoms with Gasteiger partial charge in [0.05, 0.1) is 5.56 Å². The van der Waals surface area contributed by atoms with Gasteiger partial charge in [-0.2, -0.15) is 0 Å². The van der Waals surface area contributed by atoms with Crippen LogP contribution in [0.25, 0.3) is 0 Å². The first-order valence-electron chi connectivity index (χ1n) is 8.17. The number of anilines is 2. The van der Waals surface area contributed by atoms with Crippen molar-refractivity contribution in [2.45, 2.75) is 25.8 Å². The highest BCUT2D eigenvalue weighted by molar-refractivity contribution is 5.99. The number of nitrogens with zero attached hydrogens (tertiary/aromatic N) is 1. The molecule has 0 aliphatic carbocycles. The van der Waals surface area contributed by atoms with Crippen molar-refractivity contribution in [2.75, 3.05) is 17.2 Å². The highest BCUT2D eigenvalue weighted by Crippen LogP contribution is 2.21. The topological polar surface area (TPSA) is 75.4 Å². The van der Waals surface area contributed by atoms with Crippen LogP contribution in [0.3, 0.4) is 0 Å². The van der Waals surface area contributed by atoms with Crippen LogP contribution in [-0.4, -0.2) is 18.4 Å². The Balaban J connectivity index is 0.00000225. The first-order chi connectivity index (χ1) is 11.6. The molecule has 3 N–H and O–H groups in total. The number of piperidine rings is 1. The lowest BCUT2D eigenvalue weighted by Crippen LogP contribution is -2.35. The van der Waals surface area contributed by atoms with Crippen LogP contribution in [-0.2, 0) is 11.3 Å². The number of nitrogen functional groups attached to an aromatic ring is 1. The van der Waals surface area contributed by atoms with Gasteiger partial charge in [0.2, 0.25) is 5.91 Å². The summed E-state index contributed by atoms with van der Waals surface area (Å²) in [5.41, 5.74) is 8.65. The molecule has 0 unspecified atom stereocenters. The molecule has 2 aromatic rings. The molecule has 0 spiro atoms. The Morgan fingerprint density at radius 3 is 2.48 bits per heavy atom. The molecule has 3 rings (SSSR count). The van der Waals surface area contributed by atoms with Gasteiger partial charge in [0.15, 0.2) is 0 Å². The third kappa shape index (κ3) is 4.51. The fourth-order valence-electron chi connectivity index (χ4n) is 2.85. The van der Waals surface area contributed by atoms with Gasteiger partial charge in [-0.25, -0.2) is 0 Å². The zero-order chi connectivity index (χ0) is 16.9. The van der Waals surface area contributed by atoms with Crippen molar-refractivity contribution in [3.8, 4) is 0 Å². The van der Waals surface area contributed by atoms with Crippen LogP contribution >= 0.6 is 12.4 Å². The fraction of sp³-hybridized carbons (Fsp3) is 0.263. The summed E-state index contributed by atoms with van der Waals surface area (Å²) in [5.74, 6) is -0.00904. The van der Waals surface area contributed by atoms with Gasteiger partial charge in [-0.05, 0) is 42.7 Å². The molecule has 1 fully saturated rings. The molecule has 25 heavy (non-hydrogen) atoms. The minimum atomic E-state index is -0.191.